The number of para-hydroxylation sites is 1. The molecule has 0 spiro atoms. The van der Waals surface area contributed by atoms with Gasteiger partial charge in [-0.05, 0) is 17.7 Å². The first-order valence-corrected chi connectivity index (χ1v) is 7.53. The smallest absolute Gasteiger partial charge is 0.145 e. The molecule has 21 heavy (non-hydrogen) atoms. The summed E-state index contributed by atoms with van der Waals surface area (Å²) in [5.74, 6) is 0.837. The SMILES string of the molecule is COc1cccc2c(CNC(C)C)cc(C(C)(C)C)nc12. The second kappa shape index (κ2) is 6.02. The van der Waals surface area contributed by atoms with Crippen LogP contribution in [0.1, 0.15) is 45.9 Å². The molecule has 0 aliphatic carbocycles. The van der Waals surface area contributed by atoms with Crippen molar-refractivity contribution in [2.75, 3.05) is 7.11 Å². The predicted octanol–water partition coefficient (Wildman–Crippen LogP) is 4.04. The quantitative estimate of drug-likeness (QED) is 0.921. The number of methoxy groups -OCH3 is 1. The molecule has 0 unspecified atom stereocenters. The number of aromatic nitrogens is 1. The van der Waals surface area contributed by atoms with Gasteiger partial charge in [0.25, 0.3) is 0 Å². The molecule has 1 heterocycles. The molecule has 0 saturated heterocycles. The average molecular weight is 286 g/mol. The van der Waals surface area contributed by atoms with Crippen LogP contribution in [0.4, 0.5) is 0 Å². The van der Waals surface area contributed by atoms with Gasteiger partial charge in [0.1, 0.15) is 11.3 Å². The highest BCUT2D eigenvalue weighted by atomic mass is 16.5. The Bertz CT molecular complexity index is 627. The minimum Gasteiger partial charge on any atom is -0.494 e. The molecule has 0 aliphatic rings. The molecule has 114 valence electrons. The summed E-state index contributed by atoms with van der Waals surface area (Å²) in [5.41, 5.74) is 3.34. The second-order valence-electron chi connectivity index (χ2n) is 6.81. The summed E-state index contributed by atoms with van der Waals surface area (Å²) < 4.78 is 5.49. The molecule has 1 aromatic heterocycles. The number of hydrogen-bond acceptors (Lipinski definition) is 3. The maximum absolute atomic E-state index is 5.49. The Morgan fingerprint density at radius 3 is 2.52 bits per heavy atom. The molecule has 0 bridgehead atoms. The van der Waals surface area contributed by atoms with E-state index in [1.807, 2.05) is 12.1 Å². The molecule has 1 aromatic carbocycles. The second-order valence-corrected chi connectivity index (χ2v) is 6.81. The highest BCUT2D eigenvalue weighted by Crippen LogP contribution is 2.30. The van der Waals surface area contributed by atoms with Crippen molar-refractivity contribution in [1.82, 2.24) is 10.3 Å². The van der Waals surface area contributed by atoms with Crippen molar-refractivity contribution in [3.63, 3.8) is 0 Å². The van der Waals surface area contributed by atoms with Crippen molar-refractivity contribution < 1.29 is 4.74 Å². The van der Waals surface area contributed by atoms with E-state index >= 15 is 0 Å². The monoisotopic (exact) mass is 286 g/mol. The number of rotatable bonds is 4. The van der Waals surface area contributed by atoms with Crippen LogP contribution >= 0.6 is 0 Å². The third-order valence-corrected chi connectivity index (χ3v) is 3.58. The van der Waals surface area contributed by atoms with Crippen LogP contribution in [0.5, 0.6) is 5.75 Å². The molecule has 2 aromatic rings. The Hall–Kier alpha value is -1.61. The van der Waals surface area contributed by atoms with E-state index in [0.29, 0.717) is 6.04 Å². The summed E-state index contributed by atoms with van der Waals surface area (Å²) in [6.07, 6.45) is 0. The molecule has 0 aliphatic heterocycles. The lowest BCUT2D eigenvalue weighted by Gasteiger charge is -2.21. The number of pyridine rings is 1. The van der Waals surface area contributed by atoms with Gasteiger partial charge in [0.05, 0.1) is 7.11 Å². The fourth-order valence-corrected chi connectivity index (χ4v) is 2.30. The van der Waals surface area contributed by atoms with Crippen molar-refractivity contribution in [1.29, 1.82) is 0 Å². The summed E-state index contributed by atoms with van der Waals surface area (Å²) in [5, 5.41) is 4.66. The molecule has 0 radical (unpaired) electrons. The van der Waals surface area contributed by atoms with Gasteiger partial charge in [-0.15, -0.1) is 0 Å². The molecule has 1 N–H and O–H groups in total. The van der Waals surface area contributed by atoms with E-state index in [9.17, 15) is 0 Å². The fraction of sp³-hybridized carbons (Fsp3) is 0.500. The van der Waals surface area contributed by atoms with Crippen LogP contribution in [-0.4, -0.2) is 18.1 Å². The van der Waals surface area contributed by atoms with Crippen LogP contribution in [0, 0.1) is 0 Å². The third kappa shape index (κ3) is 3.53. The van der Waals surface area contributed by atoms with Gasteiger partial charge in [0.2, 0.25) is 0 Å². The molecular weight excluding hydrogens is 260 g/mol. The standard InChI is InChI=1S/C18H26N2O/c1-12(2)19-11-13-10-16(18(3,4)5)20-17-14(13)8-7-9-15(17)21-6/h7-10,12,19H,11H2,1-6H3. The maximum atomic E-state index is 5.49. The van der Waals surface area contributed by atoms with Crippen LogP contribution in [0.3, 0.4) is 0 Å². The van der Waals surface area contributed by atoms with Gasteiger partial charge in [-0.25, -0.2) is 4.98 Å². The van der Waals surface area contributed by atoms with Crippen LogP contribution in [0.2, 0.25) is 0 Å². The summed E-state index contributed by atoms with van der Waals surface area (Å²) >= 11 is 0. The lowest BCUT2D eigenvalue weighted by molar-refractivity contribution is 0.418. The van der Waals surface area contributed by atoms with Gasteiger partial charge < -0.3 is 10.1 Å². The van der Waals surface area contributed by atoms with Gasteiger partial charge in [-0.2, -0.15) is 0 Å². The highest BCUT2D eigenvalue weighted by molar-refractivity contribution is 5.87. The highest BCUT2D eigenvalue weighted by Gasteiger charge is 2.19. The molecule has 2 rings (SSSR count). The van der Waals surface area contributed by atoms with E-state index in [2.05, 4.69) is 52.1 Å². The van der Waals surface area contributed by atoms with E-state index < -0.39 is 0 Å². The van der Waals surface area contributed by atoms with E-state index in [1.165, 1.54) is 5.56 Å². The lowest BCUT2D eigenvalue weighted by atomic mass is 9.89. The summed E-state index contributed by atoms with van der Waals surface area (Å²) in [6, 6.07) is 8.79. The molecule has 3 heteroatoms. The van der Waals surface area contributed by atoms with E-state index in [1.54, 1.807) is 7.11 Å². The third-order valence-electron chi connectivity index (χ3n) is 3.58. The number of nitrogens with one attached hydrogen (secondary N) is 1. The zero-order valence-electron chi connectivity index (χ0n) is 13.9. The van der Waals surface area contributed by atoms with E-state index in [0.717, 1.165) is 28.9 Å². The van der Waals surface area contributed by atoms with Gasteiger partial charge >= 0.3 is 0 Å². The molecule has 0 saturated carbocycles. The van der Waals surface area contributed by atoms with Crippen molar-refractivity contribution in [3.8, 4) is 5.75 Å². The Morgan fingerprint density at radius 2 is 1.95 bits per heavy atom. The minimum atomic E-state index is 0.0155. The Balaban J connectivity index is 2.63. The largest absolute Gasteiger partial charge is 0.494 e. The zero-order valence-corrected chi connectivity index (χ0v) is 13.9. The van der Waals surface area contributed by atoms with Gasteiger partial charge in [-0.1, -0.05) is 46.8 Å². The van der Waals surface area contributed by atoms with Gasteiger partial charge in [0, 0.05) is 29.1 Å². The molecule has 3 nitrogen and oxygen atoms in total. The van der Waals surface area contributed by atoms with Gasteiger partial charge in [-0.3, -0.25) is 0 Å². The number of nitrogens with zero attached hydrogens (tertiary/aromatic N) is 1. The maximum Gasteiger partial charge on any atom is 0.145 e. The summed E-state index contributed by atoms with van der Waals surface area (Å²) in [4.78, 5) is 4.85. The normalized spacial score (nSPS) is 12.1. The first-order valence-electron chi connectivity index (χ1n) is 7.53. The topological polar surface area (TPSA) is 34.1 Å². The lowest BCUT2D eigenvalue weighted by Crippen LogP contribution is -2.23. The average Bonchev–Trinajstić information content (AvgIpc) is 2.42. The van der Waals surface area contributed by atoms with Crippen molar-refractivity contribution in [2.45, 2.75) is 52.6 Å². The van der Waals surface area contributed by atoms with Crippen molar-refractivity contribution >= 4 is 10.9 Å². The van der Waals surface area contributed by atoms with Crippen LogP contribution in [0.15, 0.2) is 24.3 Å². The van der Waals surface area contributed by atoms with Gasteiger partial charge in [0.15, 0.2) is 0 Å². The molecule has 0 amide bonds. The Kier molecular flexibility index (Phi) is 4.52. The fourth-order valence-electron chi connectivity index (χ4n) is 2.30. The zero-order chi connectivity index (χ0) is 15.6. The number of benzene rings is 1. The number of hydrogen-bond donors (Lipinski definition) is 1. The number of ether oxygens (including phenoxy) is 1. The first-order chi connectivity index (χ1) is 9.82. The van der Waals surface area contributed by atoms with Crippen LogP contribution < -0.4 is 10.1 Å². The number of fused-ring (bicyclic) bond motifs is 1. The summed E-state index contributed by atoms with van der Waals surface area (Å²) in [7, 11) is 1.70. The van der Waals surface area contributed by atoms with E-state index in [4.69, 9.17) is 9.72 Å². The molecule has 0 atom stereocenters. The van der Waals surface area contributed by atoms with Crippen LogP contribution in [-0.2, 0) is 12.0 Å². The first kappa shape index (κ1) is 15.8. The Morgan fingerprint density at radius 1 is 1.24 bits per heavy atom. The van der Waals surface area contributed by atoms with Crippen molar-refractivity contribution in [2.24, 2.45) is 0 Å². The Labute approximate surface area is 127 Å². The predicted molar refractivity (Wildman–Crippen MR) is 89.0 cm³/mol. The minimum absolute atomic E-state index is 0.0155. The molecular formula is C18H26N2O. The molecule has 0 fully saturated rings. The van der Waals surface area contributed by atoms with E-state index in [-0.39, 0.29) is 5.41 Å². The summed E-state index contributed by atoms with van der Waals surface area (Å²) in [6.45, 7) is 11.7. The van der Waals surface area contributed by atoms with Crippen molar-refractivity contribution in [3.05, 3.63) is 35.5 Å². The van der Waals surface area contributed by atoms with Crippen LogP contribution in [0.25, 0.3) is 10.9 Å².